The minimum atomic E-state index is -0.421. The van der Waals surface area contributed by atoms with Gasteiger partial charge < -0.3 is 4.90 Å². The van der Waals surface area contributed by atoms with Crippen LogP contribution in [-0.2, 0) is 6.42 Å². The van der Waals surface area contributed by atoms with Gasteiger partial charge in [0.1, 0.15) is 5.69 Å². The number of rotatable bonds is 3. The molecule has 1 atom stereocenters. The SMILES string of the molecule is CC(=O)c1ccc(N2c3ccccc3CC2C)c([N+](=O)[O-])c1. The number of nitrogens with zero attached hydrogens (tertiary/aromatic N) is 2. The van der Waals surface area contributed by atoms with Gasteiger partial charge in [-0.2, -0.15) is 0 Å². The van der Waals surface area contributed by atoms with Crippen molar-refractivity contribution in [1.29, 1.82) is 0 Å². The monoisotopic (exact) mass is 296 g/mol. The van der Waals surface area contributed by atoms with E-state index in [1.807, 2.05) is 36.1 Å². The van der Waals surface area contributed by atoms with E-state index in [0.29, 0.717) is 11.3 Å². The lowest BCUT2D eigenvalue weighted by Gasteiger charge is -2.24. The summed E-state index contributed by atoms with van der Waals surface area (Å²) >= 11 is 0. The fraction of sp³-hybridized carbons (Fsp3) is 0.235. The number of nitro benzene ring substituents is 1. The molecule has 0 amide bonds. The second-order valence-corrected chi connectivity index (χ2v) is 5.57. The third kappa shape index (κ3) is 2.24. The molecule has 1 heterocycles. The predicted octanol–water partition coefficient (Wildman–Crippen LogP) is 3.88. The number of hydrogen-bond acceptors (Lipinski definition) is 4. The summed E-state index contributed by atoms with van der Waals surface area (Å²) in [7, 11) is 0. The molecule has 0 saturated carbocycles. The maximum Gasteiger partial charge on any atom is 0.293 e. The van der Waals surface area contributed by atoms with Crippen molar-refractivity contribution in [1.82, 2.24) is 0 Å². The molecule has 1 aliphatic rings. The van der Waals surface area contributed by atoms with Crippen molar-refractivity contribution in [2.24, 2.45) is 0 Å². The summed E-state index contributed by atoms with van der Waals surface area (Å²) in [4.78, 5) is 24.5. The first-order valence-electron chi connectivity index (χ1n) is 7.15. The van der Waals surface area contributed by atoms with E-state index in [2.05, 4.69) is 0 Å². The molecular weight excluding hydrogens is 280 g/mol. The van der Waals surface area contributed by atoms with Crippen LogP contribution in [0.2, 0.25) is 0 Å². The molecule has 0 fully saturated rings. The number of ketones is 1. The van der Waals surface area contributed by atoms with Gasteiger partial charge in [0, 0.05) is 23.4 Å². The number of carbonyl (C=O) groups is 1. The minimum Gasteiger partial charge on any atom is -0.332 e. The summed E-state index contributed by atoms with van der Waals surface area (Å²) in [5.41, 5.74) is 3.04. The number of benzene rings is 2. The van der Waals surface area contributed by atoms with Crippen molar-refractivity contribution < 1.29 is 9.72 Å². The van der Waals surface area contributed by atoms with Crippen LogP contribution < -0.4 is 4.90 Å². The van der Waals surface area contributed by atoms with E-state index in [-0.39, 0.29) is 17.5 Å². The van der Waals surface area contributed by atoms with E-state index in [9.17, 15) is 14.9 Å². The highest BCUT2D eigenvalue weighted by Crippen LogP contribution is 2.42. The molecule has 22 heavy (non-hydrogen) atoms. The molecule has 3 rings (SSSR count). The number of nitro groups is 1. The van der Waals surface area contributed by atoms with Gasteiger partial charge >= 0.3 is 0 Å². The summed E-state index contributed by atoms with van der Waals surface area (Å²) in [6, 6.07) is 12.8. The van der Waals surface area contributed by atoms with Gasteiger partial charge in [-0.3, -0.25) is 14.9 Å². The zero-order valence-electron chi connectivity index (χ0n) is 12.4. The fourth-order valence-corrected chi connectivity index (χ4v) is 3.03. The molecule has 0 N–H and O–H groups in total. The standard InChI is InChI=1S/C17H16N2O3/c1-11-9-14-5-3-4-6-15(14)18(11)16-8-7-13(12(2)20)10-17(16)19(21)22/h3-8,10-11H,9H2,1-2H3. The van der Waals surface area contributed by atoms with Crippen LogP contribution in [0.3, 0.4) is 0 Å². The Kier molecular flexibility index (Phi) is 3.41. The summed E-state index contributed by atoms with van der Waals surface area (Å²) in [5.74, 6) is -0.176. The third-order valence-corrected chi connectivity index (χ3v) is 4.05. The molecule has 5 heteroatoms. The molecule has 5 nitrogen and oxygen atoms in total. The molecule has 0 saturated heterocycles. The number of Topliss-reactive ketones (excluding diaryl/α,β-unsaturated/α-hetero) is 1. The van der Waals surface area contributed by atoms with Crippen molar-refractivity contribution in [2.75, 3.05) is 4.90 Å². The van der Waals surface area contributed by atoms with Gasteiger partial charge in [0.05, 0.1) is 4.92 Å². The highest BCUT2D eigenvalue weighted by molar-refractivity contribution is 5.96. The maximum absolute atomic E-state index is 11.5. The molecule has 0 radical (unpaired) electrons. The number of carbonyl (C=O) groups excluding carboxylic acids is 1. The average Bonchev–Trinajstić information content (AvgIpc) is 2.82. The number of anilines is 2. The van der Waals surface area contributed by atoms with Crippen molar-refractivity contribution in [3.63, 3.8) is 0 Å². The zero-order valence-corrected chi connectivity index (χ0v) is 12.4. The Hall–Kier alpha value is -2.69. The molecule has 1 unspecified atom stereocenters. The molecule has 1 aliphatic heterocycles. The van der Waals surface area contributed by atoms with E-state index >= 15 is 0 Å². The van der Waals surface area contributed by atoms with Gasteiger partial charge in [0.25, 0.3) is 5.69 Å². The van der Waals surface area contributed by atoms with Crippen LogP contribution in [0.5, 0.6) is 0 Å². The Labute approximate surface area is 128 Å². The van der Waals surface area contributed by atoms with Gasteiger partial charge in [0.15, 0.2) is 5.78 Å². The topological polar surface area (TPSA) is 63.5 Å². The molecule has 2 aromatic rings. The minimum absolute atomic E-state index is 0.0312. The lowest BCUT2D eigenvalue weighted by atomic mass is 10.1. The Bertz CT molecular complexity index is 770. The number of hydrogen-bond donors (Lipinski definition) is 0. The van der Waals surface area contributed by atoms with E-state index < -0.39 is 4.92 Å². The van der Waals surface area contributed by atoms with Crippen molar-refractivity contribution in [2.45, 2.75) is 26.3 Å². The van der Waals surface area contributed by atoms with Gasteiger partial charge in [-0.15, -0.1) is 0 Å². The predicted molar refractivity (Wildman–Crippen MR) is 84.8 cm³/mol. The molecule has 112 valence electrons. The second kappa shape index (κ2) is 5.26. The van der Waals surface area contributed by atoms with Gasteiger partial charge in [0.2, 0.25) is 0 Å². The normalized spacial score (nSPS) is 16.5. The van der Waals surface area contributed by atoms with Crippen molar-refractivity contribution in [3.05, 3.63) is 63.7 Å². The van der Waals surface area contributed by atoms with E-state index in [1.54, 1.807) is 12.1 Å². The summed E-state index contributed by atoms with van der Waals surface area (Å²) in [6.07, 6.45) is 0.849. The molecule has 0 spiro atoms. The van der Waals surface area contributed by atoms with Gasteiger partial charge in [-0.1, -0.05) is 18.2 Å². The first-order chi connectivity index (χ1) is 10.5. The zero-order chi connectivity index (χ0) is 15.9. The highest BCUT2D eigenvalue weighted by atomic mass is 16.6. The van der Waals surface area contributed by atoms with Crippen molar-refractivity contribution in [3.8, 4) is 0 Å². The molecule has 0 aliphatic carbocycles. The smallest absolute Gasteiger partial charge is 0.293 e. The van der Waals surface area contributed by atoms with E-state index in [0.717, 1.165) is 12.1 Å². The Morgan fingerprint density at radius 3 is 2.64 bits per heavy atom. The Morgan fingerprint density at radius 2 is 1.95 bits per heavy atom. The summed E-state index contributed by atoms with van der Waals surface area (Å²) in [6.45, 7) is 3.45. The van der Waals surface area contributed by atoms with Crippen LogP contribution in [0.15, 0.2) is 42.5 Å². The van der Waals surface area contributed by atoms with Crippen LogP contribution in [0.25, 0.3) is 0 Å². The second-order valence-electron chi connectivity index (χ2n) is 5.57. The number of fused-ring (bicyclic) bond motifs is 1. The molecular formula is C17H16N2O3. The average molecular weight is 296 g/mol. The Morgan fingerprint density at radius 1 is 1.23 bits per heavy atom. The largest absolute Gasteiger partial charge is 0.332 e. The lowest BCUT2D eigenvalue weighted by molar-refractivity contribution is -0.384. The van der Waals surface area contributed by atoms with Crippen LogP contribution in [0, 0.1) is 10.1 Å². The van der Waals surface area contributed by atoms with Crippen LogP contribution in [0.1, 0.15) is 29.8 Å². The first-order valence-corrected chi connectivity index (χ1v) is 7.15. The van der Waals surface area contributed by atoms with Crippen LogP contribution in [0.4, 0.5) is 17.1 Å². The molecule has 0 aromatic heterocycles. The van der Waals surface area contributed by atoms with Gasteiger partial charge in [-0.25, -0.2) is 0 Å². The van der Waals surface area contributed by atoms with Crippen LogP contribution in [-0.4, -0.2) is 16.7 Å². The van der Waals surface area contributed by atoms with Crippen molar-refractivity contribution >= 4 is 22.8 Å². The first kappa shape index (κ1) is 14.3. The van der Waals surface area contributed by atoms with E-state index in [1.165, 1.54) is 18.6 Å². The van der Waals surface area contributed by atoms with Crippen LogP contribution >= 0.6 is 0 Å². The number of para-hydroxylation sites is 1. The van der Waals surface area contributed by atoms with E-state index in [4.69, 9.17) is 0 Å². The quantitative estimate of drug-likeness (QED) is 0.490. The lowest BCUT2D eigenvalue weighted by Crippen LogP contribution is -2.24. The molecule has 2 aromatic carbocycles. The Balaban J connectivity index is 2.16. The summed E-state index contributed by atoms with van der Waals surface area (Å²) in [5, 5.41) is 11.4. The van der Waals surface area contributed by atoms with Gasteiger partial charge in [-0.05, 0) is 44.0 Å². The maximum atomic E-state index is 11.5. The third-order valence-electron chi connectivity index (χ3n) is 4.05. The fourth-order valence-electron chi connectivity index (χ4n) is 3.03. The highest BCUT2D eigenvalue weighted by Gasteiger charge is 2.31. The summed E-state index contributed by atoms with van der Waals surface area (Å²) < 4.78 is 0. The molecule has 0 bridgehead atoms.